The van der Waals surface area contributed by atoms with Crippen LogP contribution in [0.25, 0.3) is 0 Å². The van der Waals surface area contributed by atoms with Crippen molar-refractivity contribution in [3.8, 4) is 11.5 Å². The summed E-state index contributed by atoms with van der Waals surface area (Å²) >= 11 is 5.80. The summed E-state index contributed by atoms with van der Waals surface area (Å²) in [6, 6.07) is 9.59. The molecule has 6 heteroatoms. The third-order valence-electron chi connectivity index (χ3n) is 3.16. The molecule has 2 amide bonds. The van der Waals surface area contributed by atoms with Gasteiger partial charge in [-0.05, 0) is 55.3 Å². The van der Waals surface area contributed by atoms with Crippen molar-refractivity contribution in [1.82, 2.24) is 5.32 Å². The molecule has 0 aliphatic heterocycles. The van der Waals surface area contributed by atoms with Gasteiger partial charge >= 0.3 is 6.03 Å². The summed E-state index contributed by atoms with van der Waals surface area (Å²) in [6.07, 6.45) is 0. The van der Waals surface area contributed by atoms with Crippen LogP contribution < -0.4 is 15.4 Å². The number of carbonyl (C=O) groups is 1. The van der Waals surface area contributed by atoms with Gasteiger partial charge in [-0.1, -0.05) is 17.7 Å². The molecule has 0 aliphatic carbocycles. The molecular weight excluding hydrogens is 304 g/mol. The van der Waals surface area contributed by atoms with Crippen molar-refractivity contribution < 1.29 is 14.6 Å². The van der Waals surface area contributed by atoms with Crippen molar-refractivity contribution in [1.29, 1.82) is 0 Å². The van der Waals surface area contributed by atoms with Gasteiger partial charge in [0, 0.05) is 5.02 Å². The van der Waals surface area contributed by atoms with E-state index in [2.05, 4.69) is 10.6 Å². The van der Waals surface area contributed by atoms with E-state index in [0.717, 1.165) is 5.56 Å². The second-order valence-corrected chi connectivity index (χ2v) is 5.26. The minimum absolute atomic E-state index is 0.00959. The number of phenols is 1. The Morgan fingerprint density at radius 3 is 2.68 bits per heavy atom. The van der Waals surface area contributed by atoms with Crippen LogP contribution in [0.5, 0.6) is 11.5 Å². The molecule has 116 valence electrons. The number of ether oxygens (including phenoxy) is 1. The summed E-state index contributed by atoms with van der Waals surface area (Å²) in [4.78, 5) is 11.7. The molecule has 0 bridgehead atoms. The van der Waals surface area contributed by atoms with Gasteiger partial charge in [0.25, 0.3) is 0 Å². The number of anilines is 1. The zero-order valence-electron chi connectivity index (χ0n) is 12.3. The van der Waals surface area contributed by atoms with Gasteiger partial charge in [0.05, 0.1) is 5.69 Å². The third-order valence-corrected chi connectivity index (χ3v) is 3.39. The summed E-state index contributed by atoms with van der Waals surface area (Å²) in [5.74, 6) is 0.614. The number of hydrogen-bond donors (Lipinski definition) is 3. The number of amides is 2. The molecule has 22 heavy (non-hydrogen) atoms. The molecule has 0 atom stereocenters. The van der Waals surface area contributed by atoms with Gasteiger partial charge < -0.3 is 20.5 Å². The minimum Gasteiger partial charge on any atom is -0.506 e. The molecule has 0 aromatic heterocycles. The van der Waals surface area contributed by atoms with Crippen molar-refractivity contribution in [2.24, 2.45) is 0 Å². The van der Waals surface area contributed by atoms with Crippen molar-refractivity contribution in [2.45, 2.75) is 13.8 Å². The van der Waals surface area contributed by atoms with E-state index in [-0.39, 0.29) is 18.2 Å². The van der Waals surface area contributed by atoms with Crippen molar-refractivity contribution in [3.63, 3.8) is 0 Å². The van der Waals surface area contributed by atoms with E-state index >= 15 is 0 Å². The van der Waals surface area contributed by atoms with E-state index in [1.165, 1.54) is 23.8 Å². The molecule has 2 rings (SSSR count). The predicted octanol–water partition coefficient (Wildman–Crippen LogP) is 3.82. The monoisotopic (exact) mass is 320 g/mol. The molecule has 0 spiro atoms. The average Bonchev–Trinajstić information content (AvgIpc) is 2.47. The van der Waals surface area contributed by atoms with E-state index in [1.54, 1.807) is 0 Å². The fourth-order valence-corrected chi connectivity index (χ4v) is 1.94. The van der Waals surface area contributed by atoms with Gasteiger partial charge in [0.15, 0.2) is 6.73 Å². The Morgan fingerprint density at radius 1 is 1.18 bits per heavy atom. The Balaban J connectivity index is 1.85. The number of phenolic OH excluding ortho intramolecular Hbond substituents is 1. The Kier molecular flexibility index (Phi) is 5.12. The highest BCUT2D eigenvalue weighted by atomic mass is 35.5. The van der Waals surface area contributed by atoms with E-state index in [0.29, 0.717) is 10.8 Å². The first-order valence-corrected chi connectivity index (χ1v) is 7.07. The molecule has 0 aliphatic rings. The molecule has 0 saturated carbocycles. The molecule has 0 radical (unpaired) electrons. The van der Waals surface area contributed by atoms with Crippen LogP contribution in [-0.4, -0.2) is 17.9 Å². The first kappa shape index (κ1) is 16.0. The number of urea groups is 1. The highest BCUT2D eigenvalue weighted by Crippen LogP contribution is 2.26. The van der Waals surface area contributed by atoms with Crippen LogP contribution in [0.15, 0.2) is 36.4 Å². The molecule has 0 heterocycles. The fraction of sp³-hybridized carbons (Fsp3) is 0.188. The first-order chi connectivity index (χ1) is 10.5. The maximum absolute atomic E-state index is 11.7. The number of benzene rings is 2. The van der Waals surface area contributed by atoms with Crippen LogP contribution in [0.3, 0.4) is 0 Å². The van der Waals surface area contributed by atoms with E-state index < -0.39 is 6.03 Å². The number of carbonyl (C=O) groups excluding carboxylic acids is 1. The molecule has 0 fully saturated rings. The van der Waals surface area contributed by atoms with Crippen LogP contribution in [0.1, 0.15) is 11.1 Å². The lowest BCUT2D eigenvalue weighted by molar-refractivity contribution is 0.234. The van der Waals surface area contributed by atoms with Crippen LogP contribution in [0.2, 0.25) is 5.02 Å². The maximum Gasteiger partial charge on any atom is 0.321 e. The van der Waals surface area contributed by atoms with Crippen molar-refractivity contribution in [3.05, 3.63) is 52.5 Å². The highest BCUT2D eigenvalue weighted by Gasteiger charge is 2.06. The first-order valence-electron chi connectivity index (χ1n) is 6.69. The summed E-state index contributed by atoms with van der Waals surface area (Å²) < 4.78 is 5.44. The highest BCUT2D eigenvalue weighted by molar-refractivity contribution is 6.31. The number of hydrogen-bond acceptors (Lipinski definition) is 3. The maximum atomic E-state index is 11.7. The minimum atomic E-state index is -0.499. The molecule has 2 aromatic carbocycles. The fourth-order valence-electron chi connectivity index (χ4n) is 1.76. The normalized spacial score (nSPS) is 10.1. The Labute approximate surface area is 133 Å². The standard InChI is InChI=1S/C16H17ClN2O3/c1-10-3-5-13(7-11(10)2)22-9-18-16(21)19-14-8-12(17)4-6-15(14)20/h3-8,20H,9H2,1-2H3,(H2,18,19,21). The second-order valence-electron chi connectivity index (χ2n) is 4.83. The zero-order chi connectivity index (χ0) is 16.1. The van der Waals surface area contributed by atoms with E-state index in [1.807, 2.05) is 32.0 Å². The van der Waals surface area contributed by atoms with E-state index in [9.17, 15) is 9.90 Å². The third kappa shape index (κ3) is 4.30. The Bertz CT molecular complexity index is 689. The van der Waals surface area contributed by atoms with Crippen LogP contribution in [0, 0.1) is 13.8 Å². The van der Waals surface area contributed by atoms with Crippen LogP contribution in [-0.2, 0) is 0 Å². The number of rotatable bonds is 4. The van der Waals surface area contributed by atoms with Crippen molar-refractivity contribution in [2.75, 3.05) is 12.0 Å². The van der Waals surface area contributed by atoms with Gasteiger partial charge in [0.2, 0.25) is 0 Å². The predicted molar refractivity (Wildman–Crippen MR) is 86.7 cm³/mol. The lowest BCUT2D eigenvalue weighted by atomic mass is 10.1. The number of halogens is 1. The Morgan fingerprint density at radius 2 is 1.95 bits per heavy atom. The SMILES string of the molecule is Cc1ccc(OCNC(=O)Nc2cc(Cl)ccc2O)cc1C. The largest absolute Gasteiger partial charge is 0.506 e. The van der Waals surface area contributed by atoms with Gasteiger partial charge in [-0.3, -0.25) is 0 Å². The van der Waals surface area contributed by atoms with Gasteiger partial charge in [-0.15, -0.1) is 0 Å². The average molecular weight is 321 g/mol. The molecule has 2 aromatic rings. The quantitative estimate of drug-likeness (QED) is 0.592. The smallest absolute Gasteiger partial charge is 0.321 e. The molecule has 3 N–H and O–H groups in total. The topological polar surface area (TPSA) is 70.6 Å². The number of nitrogens with one attached hydrogen (secondary N) is 2. The zero-order valence-corrected chi connectivity index (χ0v) is 13.1. The molecular formula is C16H17ClN2O3. The van der Waals surface area contributed by atoms with Crippen LogP contribution in [0.4, 0.5) is 10.5 Å². The van der Waals surface area contributed by atoms with Gasteiger partial charge in [-0.25, -0.2) is 4.79 Å². The summed E-state index contributed by atoms with van der Waals surface area (Å²) in [6.45, 7) is 4.02. The van der Waals surface area contributed by atoms with Crippen molar-refractivity contribution >= 4 is 23.3 Å². The lowest BCUT2D eigenvalue weighted by Gasteiger charge is -2.11. The Hall–Kier alpha value is -2.40. The van der Waals surface area contributed by atoms with E-state index in [4.69, 9.17) is 16.3 Å². The number of aryl methyl sites for hydroxylation is 2. The van der Waals surface area contributed by atoms with Gasteiger partial charge in [-0.2, -0.15) is 0 Å². The molecule has 0 unspecified atom stereocenters. The molecule has 5 nitrogen and oxygen atoms in total. The summed E-state index contributed by atoms with van der Waals surface area (Å²) in [5, 5.41) is 15.1. The number of aromatic hydroxyl groups is 1. The molecule has 0 saturated heterocycles. The summed E-state index contributed by atoms with van der Waals surface area (Å²) in [5.41, 5.74) is 2.52. The van der Waals surface area contributed by atoms with Gasteiger partial charge in [0.1, 0.15) is 11.5 Å². The summed E-state index contributed by atoms with van der Waals surface area (Å²) in [7, 11) is 0. The second kappa shape index (κ2) is 7.04. The van der Waals surface area contributed by atoms with Crippen LogP contribution >= 0.6 is 11.6 Å². The lowest BCUT2D eigenvalue weighted by Crippen LogP contribution is -2.32.